The van der Waals surface area contributed by atoms with E-state index in [4.69, 9.17) is 4.74 Å². The quantitative estimate of drug-likeness (QED) is 0.915. The van der Waals surface area contributed by atoms with E-state index in [1.807, 2.05) is 16.7 Å². The number of hydrogen-bond donors (Lipinski definition) is 1. The molecular formula is C21H30N2O2. The third kappa shape index (κ3) is 4.06. The fraction of sp³-hybridized carbons (Fsp3) is 0.571. The van der Waals surface area contributed by atoms with Crippen molar-refractivity contribution in [1.29, 1.82) is 0 Å². The van der Waals surface area contributed by atoms with Gasteiger partial charge in [-0.2, -0.15) is 0 Å². The van der Waals surface area contributed by atoms with Gasteiger partial charge in [-0.05, 0) is 36.8 Å². The number of nitrogens with one attached hydrogen (secondary N) is 1. The van der Waals surface area contributed by atoms with Gasteiger partial charge < -0.3 is 14.6 Å². The van der Waals surface area contributed by atoms with Crippen LogP contribution in [0.1, 0.15) is 39.2 Å². The topological polar surface area (TPSA) is 43.3 Å². The summed E-state index contributed by atoms with van der Waals surface area (Å²) < 4.78 is 8.05. The van der Waals surface area contributed by atoms with Crippen molar-refractivity contribution in [2.75, 3.05) is 13.2 Å². The minimum absolute atomic E-state index is 0.0685. The second kappa shape index (κ2) is 7.20. The zero-order valence-electron chi connectivity index (χ0n) is 15.8. The highest BCUT2D eigenvalue weighted by Crippen LogP contribution is 2.33. The zero-order chi connectivity index (χ0) is 18.0. The second-order valence-corrected chi connectivity index (χ2v) is 8.32. The number of hydrogen-bond acceptors (Lipinski definition) is 2. The lowest BCUT2D eigenvalue weighted by Crippen LogP contribution is -2.45. The molecule has 1 amide bonds. The van der Waals surface area contributed by atoms with Crippen molar-refractivity contribution in [3.05, 3.63) is 36.0 Å². The van der Waals surface area contributed by atoms with Crippen LogP contribution in [-0.4, -0.2) is 29.7 Å². The molecule has 3 rings (SSSR count). The predicted molar refractivity (Wildman–Crippen MR) is 102 cm³/mol. The maximum Gasteiger partial charge on any atom is 0.239 e. The molecule has 2 heterocycles. The van der Waals surface area contributed by atoms with Crippen molar-refractivity contribution < 1.29 is 9.53 Å². The fourth-order valence-corrected chi connectivity index (χ4v) is 4.03. The highest BCUT2D eigenvalue weighted by atomic mass is 16.5. The minimum Gasteiger partial charge on any atom is -0.377 e. The van der Waals surface area contributed by atoms with Crippen LogP contribution in [0.5, 0.6) is 0 Å². The van der Waals surface area contributed by atoms with Crippen LogP contribution in [0.2, 0.25) is 0 Å². The Kier molecular flexibility index (Phi) is 5.19. The summed E-state index contributed by atoms with van der Waals surface area (Å²) in [5, 5.41) is 4.35. The lowest BCUT2D eigenvalue weighted by molar-refractivity contribution is -0.123. The van der Waals surface area contributed by atoms with Crippen molar-refractivity contribution in [2.45, 2.75) is 53.2 Å². The molecule has 2 atom stereocenters. The molecule has 136 valence electrons. The summed E-state index contributed by atoms with van der Waals surface area (Å²) in [6, 6.07) is 8.23. The van der Waals surface area contributed by atoms with Crippen molar-refractivity contribution in [3.8, 4) is 0 Å². The van der Waals surface area contributed by atoms with Crippen molar-refractivity contribution in [1.82, 2.24) is 9.88 Å². The molecule has 1 fully saturated rings. The van der Waals surface area contributed by atoms with Gasteiger partial charge in [-0.3, -0.25) is 4.79 Å². The van der Waals surface area contributed by atoms with E-state index in [9.17, 15) is 4.79 Å². The Labute approximate surface area is 150 Å². The van der Waals surface area contributed by atoms with E-state index < -0.39 is 0 Å². The molecule has 0 radical (unpaired) electrons. The van der Waals surface area contributed by atoms with E-state index in [1.165, 1.54) is 10.9 Å². The number of ether oxygens (including phenoxy) is 1. The molecule has 0 aliphatic carbocycles. The molecule has 0 spiro atoms. The summed E-state index contributed by atoms with van der Waals surface area (Å²) in [6.07, 6.45) is 4.46. The van der Waals surface area contributed by atoms with E-state index >= 15 is 0 Å². The highest BCUT2D eigenvalue weighted by Gasteiger charge is 2.35. The zero-order valence-corrected chi connectivity index (χ0v) is 15.8. The first-order chi connectivity index (χ1) is 11.9. The van der Waals surface area contributed by atoms with Gasteiger partial charge in [0.1, 0.15) is 6.54 Å². The first-order valence-electron chi connectivity index (χ1n) is 9.29. The number of amides is 1. The largest absolute Gasteiger partial charge is 0.377 e. The minimum atomic E-state index is 0.0685. The molecule has 1 aliphatic heterocycles. The van der Waals surface area contributed by atoms with Gasteiger partial charge in [0.2, 0.25) is 5.91 Å². The number of aromatic nitrogens is 1. The predicted octanol–water partition coefficient (Wildman–Crippen LogP) is 3.91. The standard InChI is InChI=1S/C21H30N2O2/c1-15-13-23(18-10-6-5-9-17(15)18)14-19(24)22-12-16-8-7-11-25-20(16)21(2,3)4/h5-6,9-10,13,16,20H,7-8,11-12,14H2,1-4H3,(H,22,24)/t16-,20+/m1/s1. The molecular weight excluding hydrogens is 312 g/mol. The number of para-hydroxylation sites is 1. The van der Waals surface area contributed by atoms with Crippen LogP contribution < -0.4 is 5.32 Å². The van der Waals surface area contributed by atoms with Gasteiger partial charge in [-0.25, -0.2) is 0 Å². The third-order valence-corrected chi connectivity index (χ3v) is 5.16. The second-order valence-electron chi connectivity index (χ2n) is 8.32. The van der Waals surface area contributed by atoms with Gasteiger partial charge in [-0.1, -0.05) is 39.0 Å². The molecule has 0 bridgehead atoms. The van der Waals surface area contributed by atoms with Crippen molar-refractivity contribution >= 4 is 16.8 Å². The normalized spacial score (nSPS) is 21.4. The number of rotatable bonds is 4. The number of aryl methyl sites for hydroxylation is 1. The van der Waals surface area contributed by atoms with Crippen LogP contribution >= 0.6 is 0 Å². The number of carbonyl (C=O) groups is 1. The van der Waals surface area contributed by atoms with E-state index in [0.29, 0.717) is 19.0 Å². The summed E-state index contributed by atoms with van der Waals surface area (Å²) in [5.41, 5.74) is 2.42. The van der Waals surface area contributed by atoms with Gasteiger partial charge in [0.05, 0.1) is 6.10 Å². The Hall–Kier alpha value is -1.81. The smallest absolute Gasteiger partial charge is 0.239 e. The Morgan fingerprint density at radius 1 is 1.32 bits per heavy atom. The maximum atomic E-state index is 12.5. The number of carbonyl (C=O) groups excluding carboxylic acids is 1. The monoisotopic (exact) mass is 342 g/mol. The molecule has 4 nitrogen and oxygen atoms in total. The van der Waals surface area contributed by atoms with Crippen molar-refractivity contribution in [2.24, 2.45) is 11.3 Å². The van der Waals surface area contributed by atoms with E-state index in [0.717, 1.165) is 25.0 Å². The summed E-state index contributed by atoms with van der Waals surface area (Å²) >= 11 is 0. The molecule has 4 heteroatoms. The highest BCUT2D eigenvalue weighted by molar-refractivity contribution is 5.85. The maximum absolute atomic E-state index is 12.5. The Morgan fingerprint density at radius 2 is 2.08 bits per heavy atom. The van der Waals surface area contributed by atoms with Crippen LogP contribution in [0, 0.1) is 18.3 Å². The summed E-state index contributed by atoms with van der Waals surface area (Å²) in [4.78, 5) is 12.5. The molecule has 2 aromatic rings. The molecule has 25 heavy (non-hydrogen) atoms. The van der Waals surface area contributed by atoms with Gasteiger partial charge >= 0.3 is 0 Å². The van der Waals surface area contributed by atoms with Crippen LogP contribution in [0.15, 0.2) is 30.5 Å². The molecule has 1 aromatic heterocycles. The van der Waals surface area contributed by atoms with Gasteiger partial charge in [0.15, 0.2) is 0 Å². The van der Waals surface area contributed by atoms with Gasteiger partial charge in [0.25, 0.3) is 0 Å². The van der Waals surface area contributed by atoms with E-state index in [2.05, 4.69) is 51.3 Å². The lowest BCUT2D eigenvalue weighted by Gasteiger charge is -2.40. The van der Waals surface area contributed by atoms with E-state index in [-0.39, 0.29) is 17.4 Å². The molecule has 1 N–H and O–H groups in total. The molecule has 1 aromatic carbocycles. The first kappa shape index (κ1) is 18.0. The SMILES string of the molecule is Cc1cn(CC(=O)NC[C@H]2CCCO[C@@H]2C(C)(C)C)c2ccccc12. The van der Waals surface area contributed by atoms with Gasteiger partial charge in [-0.15, -0.1) is 0 Å². The first-order valence-corrected chi connectivity index (χ1v) is 9.29. The molecule has 1 aliphatic rings. The van der Waals surface area contributed by atoms with Crippen LogP contribution in [0.3, 0.4) is 0 Å². The summed E-state index contributed by atoms with van der Waals surface area (Å²) in [5.74, 6) is 0.458. The fourth-order valence-electron chi connectivity index (χ4n) is 4.03. The van der Waals surface area contributed by atoms with Gasteiger partial charge in [0, 0.05) is 36.2 Å². The Bertz CT molecular complexity index is 742. The van der Waals surface area contributed by atoms with Crippen molar-refractivity contribution in [3.63, 3.8) is 0 Å². The third-order valence-electron chi connectivity index (χ3n) is 5.16. The van der Waals surface area contributed by atoms with Crippen LogP contribution in [0.25, 0.3) is 10.9 Å². The molecule has 0 unspecified atom stereocenters. The Balaban J connectivity index is 1.62. The van der Waals surface area contributed by atoms with E-state index in [1.54, 1.807) is 0 Å². The Morgan fingerprint density at radius 3 is 2.84 bits per heavy atom. The number of nitrogens with zero attached hydrogens (tertiary/aromatic N) is 1. The van der Waals surface area contributed by atoms with Crippen LogP contribution in [-0.2, 0) is 16.1 Å². The molecule has 0 saturated carbocycles. The molecule has 1 saturated heterocycles. The average molecular weight is 342 g/mol. The number of benzene rings is 1. The van der Waals surface area contributed by atoms with Crippen LogP contribution in [0.4, 0.5) is 0 Å². The number of fused-ring (bicyclic) bond motifs is 1. The summed E-state index contributed by atoms with van der Waals surface area (Å²) in [6.45, 7) is 10.6. The summed E-state index contributed by atoms with van der Waals surface area (Å²) in [7, 11) is 0. The lowest BCUT2D eigenvalue weighted by atomic mass is 9.78. The average Bonchev–Trinajstić information content (AvgIpc) is 2.89.